The van der Waals surface area contributed by atoms with Crippen LogP contribution in [0.1, 0.15) is 6.42 Å². The normalized spacial score (nSPS) is 27.8. The molecule has 0 amide bonds. The molecule has 2 unspecified atom stereocenters. The first kappa shape index (κ1) is 8.97. The second kappa shape index (κ2) is 4.04. The molecule has 0 saturated carbocycles. The Labute approximate surface area is 68.5 Å². The SMILES string of the molecule is CN(C)C(CN)C1CCOC1. The molecule has 66 valence electrons. The van der Waals surface area contributed by atoms with Gasteiger partial charge in [-0.2, -0.15) is 0 Å². The minimum absolute atomic E-state index is 0.498. The summed E-state index contributed by atoms with van der Waals surface area (Å²) < 4.78 is 5.31. The van der Waals surface area contributed by atoms with E-state index >= 15 is 0 Å². The van der Waals surface area contributed by atoms with E-state index in [4.69, 9.17) is 10.5 Å². The zero-order chi connectivity index (χ0) is 8.27. The van der Waals surface area contributed by atoms with E-state index in [-0.39, 0.29) is 0 Å². The lowest BCUT2D eigenvalue weighted by Gasteiger charge is -2.27. The van der Waals surface area contributed by atoms with Gasteiger partial charge in [-0.15, -0.1) is 0 Å². The molecule has 2 N–H and O–H groups in total. The summed E-state index contributed by atoms with van der Waals surface area (Å²) in [6, 6.07) is 0.498. The number of hydrogen-bond acceptors (Lipinski definition) is 3. The number of likely N-dealkylation sites (N-methyl/N-ethyl adjacent to an activating group) is 1. The topological polar surface area (TPSA) is 38.5 Å². The van der Waals surface area contributed by atoms with Gasteiger partial charge in [-0.3, -0.25) is 0 Å². The molecule has 0 aliphatic carbocycles. The summed E-state index contributed by atoms with van der Waals surface area (Å²) in [5.41, 5.74) is 5.66. The van der Waals surface area contributed by atoms with Crippen molar-refractivity contribution in [3.63, 3.8) is 0 Å². The Morgan fingerprint density at radius 1 is 1.64 bits per heavy atom. The quantitative estimate of drug-likeness (QED) is 0.624. The standard InChI is InChI=1S/C8H18N2O/c1-10(2)8(5-9)7-3-4-11-6-7/h7-8H,3-6,9H2,1-2H3. The lowest BCUT2D eigenvalue weighted by atomic mass is 9.98. The first-order valence-corrected chi connectivity index (χ1v) is 4.20. The lowest BCUT2D eigenvalue weighted by Crippen LogP contribution is -2.41. The van der Waals surface area contributed by atoms with Gasteiger partial charge in [0.2, 0.25) is 0 Å². The van der Waals surface area contributed by atoms with E-state index < -0.39 is 0 Å². The van der Waals surface area contributed by atoms with E-state index in [0.29, 0.717) is 12.0 Å². The molecule has 3 nitrogen and oxygen atoms in total. The molecule has 0 aromatic carbocycles. The largest absolute Gasteiger partial charge is 0.381 e. The average Bonchev–Trinajstić information content (AvgIpc) is 2.40. The van der Waals surface area contributed by atoms with Gasteiger partial charge in [-0.05, 0) is 20.5 Å². The molecule has 1 saturated heterocycles. The van der Waals surface area contributed by atoms with Crippen molar-refractivity contribution in [1.82, 2.24) is 4.90 Å². The van der Waals surface area contributed by atoms with E-state index in [1.54, 1.807) is 0 Å². The summed E-state index contributed by atoms with van der Waals surface area (Å²) in [5.74, 6) is 0.648. The Balaban J connectivity index is 2.40. The fourth-order valence-electron chi connectivity index (χ4n) is 1.68. The van der Waals surface area contributed by atoms with Gasteiger partial charge < -0.3 is 15.4 Å². The van der Waals surface area contributed by atoms with E-state index in [1.165, 1.54) is 6.42 Å². The minimum Gasteiger partial charge on any atom is -0.381 e. The lowest BCUT2D eigenvalue weighted by molar-refractivity contribution is 0.153. The number of hydrogen-bond donors (Lipinski definition) is 1. The number of rotatable bonds is 3. The molecule has 0 spiro atoms. The van der Waals surface area contributed by atoms with Gasteiger partial charge in [0.1, 0.15) is 0 Å². The summed E-state index contributed by atoms with van der Waals surface area (Å²) in [6.07, 6.45) is 1.17. The smallest absolute Gasteiger partial charge is 0.0510 e. The van der Waals surface area contributed by atoms with Crippen LogP contribution in [0.4, 0.5) is 0 Å². The van der Waals surface area contributed by atoms with Gasteiger partial charge in [0, 0.05) is 25.1 Å². The fraction of sp³-hybridized carbons (Fsp3) is 1.00. The fourth-order valence-corrected chi connectivity index (χ4v) is 1.68. The van der Waals surface area contributed by atoms with E-state index in [0.717, 1.165) is 19.8 Å². The van der Waals surface area contributed by atoms with Crippen molar-refractivity contribution < 1.29 is 4.74 Å². The number of nitrogens with zero attached hydrogens (tertiary/aromatic N) is 1. The molecule has 3 heteroatoms. The molecule has 1 aliphatic heterocycles. The van der Waals surface area contributed by atoms with Crippen molar-refractivity contribution in [2.24, 2.45) is 11.7 Å². The van der Waals surface area contributed by atoms with Crippen LogP contribution >= 0.6 is 0 Å². The van der Waals surface area contributed by atoms with Crippen LogP contribution in [-0.2, 0) is 4.74 Å². The zero-order valence-electron chi connectivity index (χ0n) is 7.42. The maximum absolute atomic E-state index is 5.66. The molecule has 1 heterocycles. The molecule has 2 atom stereocenters. The van der Waals surface area contributed by atoms with Crippen LogP contribution in [0.25, 0.3) is 0 Å². The third kappa shape index (κ3) is 2.15. The molecule has 0 aromatic rings. The Morgan fingerprint density at radius 2 is 2.36 bits per heavy atom. The average molecular weight is 158 g/mol. The van der Waals surface area contributed by atoms with Gasteiger partial charge in [-0.1, -0.05) is 0 Å². The number of nitrogens with two attached hydrogens (primary N) is 1. The van der Waals surface area contributed by atoms with Crippen LogP contribution in [0, 0.1) is 5.92 Å². The van der Waals surface area contributed by atoms with Crippen LogP contribution in [0.15, 0.2) is 0 Å². The van der Waals surface area contributed by atoms with E-state index in [2.05, 4.69) is 19.0 Å². The third-order valence-electron chi connectivity index (χ3n) is 2.41. The van der Waals surface area contributed by atoms with Crippen molar-refractivity contribution in [3.8, 4) is 0 Å². The maximum Gasteiger partial charge on any atom is 0.0510 e. The molecular weight excluding hydrogens is 140 g/mol. The zero-order valence-corrected chi connectivity index (χ0v) is 7.42. The minimum atomic E-state index is 0.498. The first-order valence-electron chi connectivity index (χ1n) is 4.20. The van der Waals surface area contributed by atoms with Gasteiger partial charge in [0.25, 0.3) is 0 Å². The molecule has 11 heavy (non-hydrogen) atoms. The third-order valence-corrected chi connectivity index (χ3v) is 2.41. The summed E-state index contributed by atoms with van der Waals surface area (Å²) in [5, 5.41) is 0. The van der Waals surface area contributed by atoms with Gasteiger partial charge in [0.05, 0.1) is 6.61 Å². The van der Waals surface area contributed by atoms with Crippen LogP contribution in [0.2, 0.25) is 0 Å². The Bertz CT molecular complexity index is 111. The highest BCUT2D eigenvalue weighted by atomic mass is 16.5. The predicted octanol–water partition coefficient (Wildman–Crippen LogP) is -0.0882. The Morgan fingerprint density at radius 3 is 2.73 bits per heavy atom. The second-order valence-corrected chi connectivity index (χ2v) is 3.39. The molecule has 1 aliphatic rings. The molecule has 1 fully saturated rings. The molecule has 0 radical (unpaired) electrons. The first-order chi connectivity index (χ1) is 5.25. The van der Waals surface area contributed by atoms with Gasteiger partial charge >= 0.3 is 0 Å². The monoisotopic (exact) mass is 158 g/mol. The van der Waals surface area contributed by atoms with Crippen LogP contribution in [0.3, 0.4) is 0 Å². The van der Waals surface area contributed by atoms with Crippen molar-refractivity contribution in [2.45, 2.75) is 12.5 Å². The van der Waals surface area contributed by atoms with Crippen LogP contribution < -0.4 is 5.73 Å². The van der Waals surface area contributed by atoms with Gasteiger partial charge in [-0.25, -0.2) is 0 Å². The highest BCUT2D eigenvalue weighted by Crippen LogP contribution is 2.18. The van der Waals surface area contributed by atoms with Crippen LogP contribution in [-0.4, -0.2) is 44.8 Å². The Kier molecular flexibility index (Phi) is 3.30. The molecular formula is C8H18N2O. The maximum atomic E-state index is 5.66. The number of ether oxygens (including phenoxy) is 1. The summed E-state index contributed by atoms with van der Waals surface area (Å²) >= 11 is 0. The van der Waals surface area contributed by atoms with E-state index in [1.807, 2.05) is 0 Å². The van der Waals surface area contributed by atoms with Crippen molar-refractivity contribution in [1.29, 1.82) is 0 Å². The molecule has 1 rings (SSSR count). The Hall–Kier alpha value is -0.120. The predicted molar refractivity (Wildman–Crippen MR) is 45.5 cm³/mol. The second-order valence-electron chi connectivity index (χ2n) is 3.39. The summed E-state index contributed by atoms with van der Waals surface area (Å²) in [7, 11) is 4.16. The van der Waals surface area contributed by atoms with Crippen LogP contribution in [0.5, 0.6) is 0 Å². The van der Waals surface area contributed by atoms with Crippen molar-refractivity contribution in [3.05, 3.63) is 0 Å². The molecule has 0 aromatic heterocycles. The molecule has 0 bridgehead atoms. The van der Waals surface area contributed by atoms with Crippen molar-refractivity contribution in [2.75, 3.05) is 33.9 Å². The highest BCUT2D eigenvalue weighted by Gasteiger charge is 2.25. The van der Waals surface area contributed by atoms with E-state index in [9.17, 15) is 0 Å². The van der Waals surface area contributed by atoms with Gasteiger partial charge in [0.15, 0.2) is 0 Å². The summed E-state index contributed by atoms with van der Waals surface area (Å²) in [4.78, 5) is 2.19. The highest BCUT2D eigenvalue weighted by molar-refractivity contribution is 4.79. The van der Waals surface area contributed by atoms with Crippen molar-refractivity contribution >= 4 is 0 Å². The summed E-state index contributed by atoms with van der Waals surface area (Å²) in [6.45, 7) is 2.54.